The molecule has 3 heteroatoms. The smallest absolute Gasteiger partial charge is 0.287 e. The summed E-state index contributed by atoms with van der Waals surface area (Å²) in [5, 5.41) is 3.02. The largest absolute Gasteiger partial charge is 0.459 e. The van der Waals surface area contributed by atoms with Crippen LogP contribution in [0.5, 0.6) is 0 Å². The Morgan fingerprint density at radius 3 is 2.79 bits per heavy atom. The van der Waals surface area contributed by atoms with Crippen molar-refractivity contribution in [1.82, 2.24) is 5.32 Å². The zero-order chi connectivity index (χ0) is 10.0. The minimum atomic E-state index is -0.0978. The van der Waals surface area contributed by atoms with Crippen LogP contribution >= 0.6 is 0 Å². The molecule has 1 N–H and O–H groups in total. The molecule has 0 saturated heterocycles. The van der Waals surface area contributed by atoms with E-state index in [4.69, 9.17) is 4.42 Å². The molecule has 1 saturated carbocycles. The van der Waals surface area contributed by atoms with Crippen molar-refractivity contribution in [3.63, 3.8) is 0 Å². The van der Waals surface area contributed by atoms with E-state index < -0.39 is 0 Å². The molecule has 3 nitrogen and oxygen atoms in total. The van der Waals surface area contributed by atoms with Crippen LogP contribution in [-0.4, -0.2) is 11.4 Å². The topological polar surface area (TPSA) is 42.2 Å². The molecule has 1 aliphatic rings. The Balaban J connectivity index is 2.01. The van der Waals surface area contributed by atoms with Gasteiger partial charge in [0, 0.05) is 5.54 Å². The summed E-state index contributed by atoms with van der Waals surface area (Å²) in [5.74, 6) is 0.303. The number of nitrogens with one attached hydrogen (secondary N) is 1. The first-order valence-electron chi connectivity index (χ1n) is 5.06. The molecule has 0 aliphatic heterocycles. The number of hydrogen-bond donors (Lipinski definition) is 1. The first-order valence-corrected chi connectivity index (χ1v) is 5.06. The van der Waals surface area contributed by atoms with Gasteiger partial charge in [-0.2, -0.15) is 0 Å². The third-order valence-corrected chi connectivity index (χ3v) is 2.87. The molecule has 0 unspecified atom stereocenters. The van der Waals surface area contributed by atoms with Gasteiger partial charge in [0.2, 0.25) is 0 Å². The third-order valence-electron chi connectivity index (χ3n) is 2.87. The van der Waals surface area contributed by atoms with E-state index in [0.29, 0.717) is 5.76 Å². The van der Waals surface area contributed by atoms with Crippen molar-refractivity contribution in [1.29, 1.82) is 0 Å². The average Bonchev–Trinajstić information content (AvgIpc) is 2.74. The van der Waals surface area contributed by atoms with Crippen molar-refractivity contribution < 1.29 is 9.21 Å². The molecule has 1 aromatic rings. The van der Waals surface area contributed by atoms with Crippen LogP contribution in [0, 0.1) is 0 Å². The van der Waals surface area contributed by atoms with Crippen molar-refractivity contribution in [2.75, 3.05) is 0 Å². The minimum absolute atomic E-state index is 0.0239. The van der Waals surface area contributed by atoms with Crippen LogP contribution in [0.1, 0.15) is 43.2 Å². The lowest BCUT2D eigenvalue weighted by atomic mass is 10.0. The second-order valence-corrected chi connectivity index (χ2v) is 4.20. The quantitative estimate of drug-likeness (QED) is 0.783. The van der Waals surface area contributed by atoms with Gasteiger partial charge >= 0.3 is 0 Å². The van der Waals surface area contributed by atoms with Crippen LogP contribution in [0.25, 0.3) is 0 Å². The molecule has 1 aliphatic carbocycles. The van der Waals surface area contributed by atoms with Gasteiger partial charge in [0.05, 0.1) is 6.26 Å². The fourth-order valence-corrected chi connectivity index (χ4v) is 2.02. The van der Waals surface area contributed by atoms with E-state index in [0.717, 1.165) is 12.8 Å². The number of rotatable bonds is 2. The Bertz CT molecular complexity index is 310. The van der Waals surface area contributed by atoms with Gasteiger partial charge in [-0.15, -0.1) is 0 Å². The standard InChI is InChI=1S/C11H15NO2/c1-11(6-2-3-7-11)12-10(13)9-5-4-8-14-9/h4-5,8H,2-3,6-7H2,1H3,(H,12,13). The highest BCUT2D eigenvalue weighted by molar-refractivity contribution is 5.91. The zero-order valence-corrected chi connectivity index (χ0v) is 8.38. The Morgan fingerprint density at radius 2 is 2.21 bits per heavy atom. The lowest BCUT2D eigenvalue weighted by Crippen LogP contribution is -2.43. The Hall–Kier alpha value is -1.25. The SMILES string of the molecule is CC1(NC(=O)c2ccco2)CCCC1. The molecule has 0 aromatic carbocycles. The van der Waals surface area contributed by atoms with Gasteiger partial charge in [0.15, 0.2) is 5.76 Å². The van der Waals surface area contributed by atoms with Crippen LogP contribution in [-0.2, 0) is 0 Å². The summed E-state index contributed by atoms with van der Waals surface area (Å²) >= 11 is 0. The highest BCUT2D eigenvalue weighted by Crippen LogP contribution is 2.29. The van der Waals surface area contributed by atoms with Gasteiger partial charge in [-0.05, 0) is 31.9 Å². The van der Waals surface area contributed by atoms with E-state index in [1.165, 1.54) is 19.1 Å². The molecule has 76 valence electrons. The second kappa shape index (κ2) is 3.48. The predicted molar refractivity (Wildman–Crippen MR) is 53.0 cm³/mol. The van der Waals surface area contributed by atoms with Gasteiger partial charge in [0.1, 0.15) is 0 Å². The van der Waals surface area contributed by atoms with Crippen LogP contribution in [0.3, 0.4) is 0 Å². The number of carbonyl (C=O) groups excluding carboxylic acids is 1. The fourth-order valence-electron chi connectivity index (χ4n) is 2.02. The fraction of sp³-hybridized carbons (Fsp3) is 0.545. The molecule has 0 bridgehead atoms. The number of carbonyl (C=O) groups is 1. The van der Waals surface area contributed by atoms with Crippen molar-refractivity contribution in [3.8, 4) is 0 Å². The summed E-state index contributed by atoms with van der Waals surface area (Å²) < 4.78 is 5.04. The number of amides is 1. The lowest BCUT2D eigenvalue weighted by molar-refractivity contribution is 0.0879. The molecule has 0 radical (unpaired) electrons. The van der Waals surface area contributed by atoms with Crippen molar-refractivity contribution in [2.45, 2.75) is 38.1 Å². The summed E-state index contributed by atoms with van der Waals surface area (Å²) in [4.78, 5) is 11.7. The molecule has 1 fully saturated rings. The minimum Gasteiger partial charge on any atom is -0.459 e. The van der Waals surface area contributed by atoms with E-state index in [9.17, 15) is 4.79 Å². The molecule has 0 spiro atoms. The van der Waals surface area contributed by atoms with Gasteiger partial charge in [0.25, 0.3) is 5.91 Å². The maximum Gasteiger partial charge on any atom is 0.287 e. The number of furan rings is 1. The Morgan fingerprint density at radius 1 is 1.50 bits per heavy atom. The molecule has 0 atom stereocenters. The molecular formula is C11H15NO2. The van der Waals surface area contributed by atoms with E-state index in [-0.39, 0.29) is 11.4 Å². The maximum atomic E-state index is 11.7. The van der Waals surface area contributed by atoms with E-state index in [1.807, 2.05) is 0 Å². The Labute approximate surface area is 83.5 Å². The molecular weight excluding hydrogens is 178 g/mol. The first-order chi connectivity index (χ1) is 6.70. The molecule has 1 heterocycles. The molecule has 1 aromatic heterocycles. The summed E-state index contributed by atoms with van der Waals surface area (Å²) in [6, 6.07) is 3.42. The highest BCUT2D eigenvalue weighted by Gasteiger charge is 2.30. The van der Waals surface area contributed by atoms with E-state index in [2.05, 4.69) is 12.2 Å². The summed E-state index contributed by atoms with van der Waals surface area (Å²) in [5.41, 5.74) is -0.0239. The van der Waals surface area contributed by atoms with E-state index in [1.54, 1.807) is 12.1 Å². The molecule has 14 heavy (non-hydrogen) atoms. The average molecular weight is 193 g/mol. The van der Waals surface area contributed by atoms with Crippen molar-refractivity contribution >= 4 is 5.91 Å². The molecule has 1 amide bonds. The summed E-state index contributed by atoms with van der Waals surface area (Å²) in [7, 11) is 0. The first kappa shape index (κ1) is 9.31. The second-order valence-electron chi connectivity index (χ2n) is 4.20. The van der Waals surface area contributed by atoms with Crippen molar-refractivity contribution in [2.24, 2.45) is 0 Å². The van der Waals surface area contributed by atoms with E-state index >= 15 is 0 Å². The lowest BCUT2D eigenvalue weighted by Gasteiger charge is -2.24. The van der Waals surface area contributed by atoms with Crippen molar-refractivity contribution in [3.05, 3.63) is 24.2 Å². The number of hydrogen-bond acceptors (Lipinski definition) is 2. The summed E-state index contributed by atoms with van der Waals surface area (Å²) in [6.07, 6.45) is 6.06. The Kier molecular flexibility index (Phi) is 2.32. The van der Waals surface area contributed by atoms with Gasteiger partial charge < -0.3 is 9.73 Å². The van der Waals surface area contributed by atoms with Gasteiger partial charge in [-0.25, -0.2) is 0 Å². The van der Waals surface area contributed by atoms with Gasteiger partial charge in [-0.3, -0.25) is 4.79 Å². The van der Waals surface area contributed by atoms with Crippen LogP contribution in [0.4, 0.5) is 0 Å². The monoisotopic (exact) mass is 193 g/mol. The normalized spacial score (nSPS) is 19.5. The molecule has 2 rings (SSSR count). The zero-order valence-electron chi connectivity index (χ0n) is 8.38. The van der Waals surface area contributed by atoms with Crippen LogP contribution in [0.2, 0.25) is 0 Å². The maximum absolute atomic E-state index is 11.7. The predicted octanol–water partition coefficient (Wildman–Crippen LogP) is 2.34. The van der Waals surface area contributed by atoms with Gasteiger partial charge in [-0.1, -0.05) is 12.8 Å². The highest BCUT2D eigenvalue weighted by atomic mass is 16.3. The van der Waals surface area contributed by atoms with Crippen LogP contribution in [0.15, 0.2) is 22.8 Å². The third kappa shape index (κ3) is 1.81. The van der Waals surface area contributed by atoms with Crippen LogP contribution < -0.4 is 5.32 Å². The summed E-state index contributed by atoms with van der Waals surface area (Å²) in [6.45, 7) is 2.10.